The van der Waals surface area contributed by atoms with E-state index in [1.54, 1.807) is 0 Å². The average Bonchev–Trinajstić information content (AvgIpc) is 3.20. The molecule has 31 heavy (non-hydrogen) atoms. The normalized spacial score (nSPS) is 19.9. The first-order valence-electron chi connectivity index (χ1n) is 9.05. The second-order valence-electron chi connectivity index (χ2n) is 7.12. The number of imidazole rings is 1. The summed E-state index contributed by atoms with van der Waals surface area (Å²) in [5.41, 5.74) is 5.19. The Balaban J connectivity index is 1.85. The maximum absolute atomic E-state index is 12.3. The van der Waals surface area contributed by atoms with Gasteiger partial charge in [0.05, 0.1) is 24.6 Å². The van der Waals surface area contributed by atoms with Gasteiger partial charge < -0.3 is 39.5 Å². The van der Waals surface area contributed by atoms with Gasteiger partial charge in [0, 0.05) is 19.7 Å². The lowest BCUT2D eigenvalue weighted by molar-refractivity contribution is -0.128. The van der Waals surface area contributed by atoms with Gasteiger partial charge in [-0.15, -0.1) is 0 Å². The minimum Gasteiger partial charge on any atom is -0.374 e. The summed E-state index contributed by atoms with van der Waals surface area (Å²) in [4.78, 5) is 72.1. The number of fused-ring (bicyclic) bond motifs is 1. The quantitative estimate of drug-likeness (QED) is 0.182. The standard InChI is InChI=1S/C14H22N6O9P2/c15-14-17-12-11(13(22)18-14)16-7-20(12)8-4-19(10(21)6-31(26,27)28)5-9(8)29-2-1-3-30(23,24)25/h7-9H,1-6H2,(H2,23,24,25)(H2,26,27,28)(H3,15,17,18,22)/t8?,9-/m1/s1. The van der Waals surface area contributed by atoms with Crippen molar-refractivity contribution in [3.63, 3.8) is 0 Å². The summed E-state index contributed by atoms with van der Waals surface area (Å²) >= 11 is 0. The number of aromatic amines is 1. The topological polar surface area (TPSA) is 234 Å². The molecule has 15 nitrogen and oxygen atoms in total. The molecule has 0 bridgehead atoms. The molecular weight excluding hydrogens is 458 g/mol. The van der Waals surface area contributed by atoms with Crippen LogP contribution in [-0.4, -0.2) is 88.0 Å². The van der Waals surface area contributed by atoms with E-state index in [1.807, 2.05) is 0 Å². The first-order valence-corrected chi connectivity index (χ1v) is 12.6. The number of carbonyl (C=O) groups excluding carboxylic acids is 1. The van der Waals surface area contributed by atoms with E-state index in [0.29, 0.717) is 0 Å². The van der Waals surface area contributed by atoms with Crippen molar-refractivity contribution in [1.82, 2.24) is 24.4 Å². The third kappa shape index (κ3) is 5.98. The largest absolute Gasteiger partial charge is 0.374 e. The highest BCUT2D eigenvalue weighted by Gasteiger charge is 2.39. The van der Waals surface area contributed by atoms with E-state index in [4.69, 9.17) is 30.0 Å². The Morgan fingerprint density at radius 3 is 2.61 bits per heavy atom. The zero-order valence-corrected chi connectivity index (χ0v) is 17.9. The van der Waals surface area contributed by atoms with Crippen molar-refractivity contribution in [3.05, 3.63) is 16.7 Å². The van der Waals surface area contributed by atoms with Gasteiger partial charge in [-0.1, -0.05) is 0 Å². The summed E-state index contributed by atoms with van der Waals surface area (Å²) in [6, 6.07) is -0.630. The van der Waals surface area contributed by atoms with Gasteiger partial charge in [-0.25, -0.2) is 4.98 Å². The maximum Gasteiger partial charge on any atom is 0.334 e. The van der Waals surface area contributed by atoms with Gasteiger partial charge in [-0.2, -0.15) is 4.98 Å². The number of hydrogen-bond donors (Lipinski definition) is 6. The van der Waals surface area contributed by atoms with Crippen molar-refractivity contribution < 1.29 is 38.2 Å². The van der Waals surface area contributed by atoms with Gasteiger partial charge in [0.25, 0.3) is 5.56 Å². The molecule has 0 aliphatic carbocycles. The molecule has 17 heteroatoms. The van der Waals surface area contributed by atoms with Crippen LogP contribution >= 0.6 is 15.2 Å². The van der Waals surface area contributed by atoms with Crippen molar-refractivity contribution in [2.75, 3.05) is 37.8 Å². The van der Waals surface area contributed by atoms with Crippen LogP contribution < -0.4 is 11.3 Å². The van der Waals surface area contributed by atoms with E-state index in [2.05, 4.69) is 15.0 Å². The third-order valence-corrected chi connectivity index (χ3v) is 6.25. The van der Waals surface area contributed by atoms with Gasteiger partial charge in [-0.05, 0) is 6.42 Å². The average molecular weight is 480 g/mol. The molecular formula is C14H22N6O9P2. The molecule has 0 radical (unpaired) electrons. The minimum atomic E-state index is -4.58. The summed E-state index contributed by atoms with van der Waals surface area (Å²) in [5, 5.41) is 0. The molecule has 1 aliphatic heterocycles. The number of nitrogens with zero attached hydrogens (tertiary/aromatic N) is 4. The fourth-order valence-corrected chi connectivity index (χ4v) is 4.45. The summed E-state index contributed by atoms with van der Waals surface area (Å²) in [6.07, 6.45) is -0.691. The lowest BCUT2D eigenvalue weighted by atomic mass is 10.2. The van der Waals surface area contributed by atoms with Crippen LogP contribution in [0.4, 0.5) is 5.95 Å². The fraction of sp³-hybridized carbons (Fsp3) is 0.571. The zero-order chi connectivity index (χ0) is 23.0. The number of anilines is 1. The van der Waals surface area contributed by atoms with Gasteiger partial charge in [0.2, 0.25) is 11.9 Å². The number of amides is 1. The van der Waals surface area contributed by atoms with E-state index in [-0.39, 0.29) is 49.4 Å². The Hall–Kier alpha value is -2.12. The first kappa shape index (κ1) is 23.5. The van der Waals surface area contributed by atoms with Crippen LogP contribution in [0.2, 0.25) is 0 Å². The predicted molar refractivity (Wildman–Crippen MR) is 106 cm³/mol. The van der Waals surface area contributed by atoms with Crippen LogP contribution in [0.5, 0.6) is 0 Å². The Morgan fingerprint density at radius 2 is 1.97 bits per heavy atom. The SMILES string of the molecule is Nc1nc2c(ncn2C2CN(C(=O)CP(=O)(O)O)C[C@H]2OCCCP(=O)(O)O)c(=O)[nH]1. The van der Waals surface area contributed by atoms with Crippen LogP contribution in [0.15, 0.2) is 11.1 Å². The number of aromatic nitrogens is 4. The lowest BCUT2D eigenvalue weighted by Gasteiger charge is -2.20. The number of carbonyl (C=O) groups is 1. The van der Waals surface area contributed by atoms with Crippen LogP contribution in [0, 0.1) is 0 Å². The Bertz CT molecular complexity index is 1120. The van der Waals surface area contributed by atoms with Crippen molar-refractivity contribution in [3.8, 4) is 0 Å². The summed E-state index contributed by atoms with van der Waals surface area (Å²) in [7, 11) is -8.78. The smallest absolute Gasteiger partial charge is 0.334 e. The number of H-pyrrole nitrogens is 1. The molecule has 1 amide bonds. The van der Waals surface area contributed by atoms with Crippen LogP contribution in [0.3, 0.4) is 0 Å². The minimum absolute atomic E-state index is 0.00874. The number of hydrogen-bond acceptors (Lipinski definition) is 8. The van der Waals surface area contributed by atoms with Gasteiger partial charge >= 0.3 is 15.2 Å². The van der Waals surface area contributed by atoms with Crippen molar-refractivity contribution >= 4 is 38.2 Å². The van der Waals surface area contributed by atoms with Gasteiger partial charge in [0.1, 0.15) is 6.16 Å². The first-order chi connectivity index (χ1) is 14.3. The zero-order valence-electron chi connectivity index (χ0n) is 16.1. The molecule has 1 aliphatic rings. The van der Waals surface area contributed by atoms with E-state index < -0.39 is 45.0 Å². The Kier molecular flexibility index (Phi) is 6.67. The van der Waals surface area contributed by atoms with Gasteiger partial charge in [-0.3, -0.25) is 23.7 Å². The van der Waals surface area contributed by atoms with E-state index in [1.165, 1.54) is 15.8 Å². The second kappa shape index (κ2) is 8.79. The van der Waals surface area contributed by atoms with Crippen LogP contribution in [-0.2, 0) is 18.7 Å². The van der Waals surface area contributed by atoms with Gasteiger partial charge in [0.15, 0.2) is 11.2 Å². The Morgan fingerprint density at radius 1 is 1.26 bits per heavy atom. The summed E-state index contributed by atoms with van der Waals surface area (Å²) in [5.74, 6) is -0.930. The molecule has 2 atom stereocenters. The molecule has 172 valence electrons. The molecule has 3 heterocycles. The number of rotatable bonds is 8. The third-order valence-electron chi connectivity index (χ3n) is 4.66. The maximum atomic E-state index is 12.3. The molecule has 0 spiro atoms. The molecule has 2 aromatic heterocycles. The lowest BCUT2D eigenvalue weighted by Crippen LogP contribution is -2.32. The molecule has 1 fully saturated rings. The van der Waals surface area contributed by atoms with E-state index >= 15 is 0 Å². The summed E-state index contributed by atoms with van der Waals surface area (Å²) < 4.78 is 29.4. The molecule has 0 aromatic carbocycles. The number of ether oxygens (including phenoxy) is 1. The molecule has 1 saturated heterocycles. The Labute approximate surface area is 174 Å². The van der Waals surface area contributed by atoms with Crippen LogP contribution in [0.1, 0.15) is 12.5 Å². The monoisotopic (exact) mass is 480 g/mol. The molecule has 0 saturated carbocycles. The van der Waals surface area contributed by atoms with Crippen molar-refractivity contribution in [1.29, 1.82) is 0 Å². The van der Waals surface area contributed by atoms with E-state index in [9.17, 15) is 18.7 Å². The summed E-state index contributed by atoms with van der Waals surface area (Å²) in [6.45, 7) is -0.0742. The highest BCUT2D eigenvalue weighted by molar-refractivity contribution is 7.52. The molecule has 7 N–H and O–H groups in total. The van der Waals surface area contributed by atoms with Crippen molar-refractivity contribution in [2.45, 2.75) is 18.6 Å². The second-order valence-corrected chi connectivity index (χ2v) is 10.5. The molecule has 2 aromatic rings. The fourth-order valence-electron chi connectivity index (χ4n) is 3.36. The number of likely N-dealkylation sites (tertiary alicyclic amines) is 1. The molecule has 3 rings (SSSR count). The highest BCUT2D eigenvalue weighted by atomic mass is 31.2. The predicted octanol–water partition coefficient (Wildman–Crippen LogP) is -1.78. The number of nitrogens with one attached hydrogen (secondary N) is 1. The van der Waals surface area contributed by atoms with Crippen molar-refractivity contribution in [2.24, 2.45) is 0 Å². The highest BCUT2D eigenvalue weighted by Crippen LogP contribution is 2.37. The molecule has 1 unspecified atom stereocenters. The number of nitrogens with two attached hydrogens (primary N) is 1. The number of nitrogen functional groups attached to an aromatic ring is 1. The van der Waals surface area contributed by atoms with Crippen LogP contribution in [0.25, 0.3) is 11.2 Å². The van der Waals surface area contributed by atoms with E-state index in [0.717, 1.165) is 0 Å².